The van der Waals surface area contributed by atoms with Crippen LogP contribution in [-0.4, -0.2) is 56.6 Å². The predicted octanol–water partition coefficient (Wildman–Crippen LogP) is 1.33. The molecule has 1 aliphatic heterocycles. The molecule has 1 saturated heterocycles. The van der Waals surface area contributed by atoms with Gasteiger partial charge >= 0.3 is 12.0 Å². The molecule has 2 aromatic rings. The molecule has 0 aromatic carbocycles. The molecule has 10 nitrogen and oxygen atoms in total. The van der Waals surface area contributed by atoms with Crippen LogP contribution >= 0.6 is 0 Å². The lowest BCUT2D eigenvalue weighted by Crippen LogP contribution is -2.43. The lowest BCUT2D eigenvalue weighted by Gasteiger charge is -2.18. The van der Waals surface area contributed by atoms with Gasteiger partial charge in [0.2, 0.25) is 11.7 Å². The number of amides is 3. The lowest BCUT2D eigenvalue weighted by atomic mass is 9.99. The quantitative estimate of drug-likeness (QED) is 0.408. The van der Waals surface area contributed by atoms with E-state index in [2.05, 4.69) is 20.4 Å². The van der Waals surface area contributed by atoms with Crippen molar-refractivity contribution < 1.29 is 23.6 Å². The minimum absolute atomic E-state index is 0.109. The Morgan fingerprint density at radius 1 is 1.39 bits per heavy atom. The maximum absolute atomic E-state index is 12.2. The van der Waals surface area contributed by atoms with Gasteiger partial charge in [-0.1, -0.05) is 12.1 Å². The fourth-order valence-electron chi connectivity index (χ4n) is 2.68. The van der Waals surface area contributed by atoms with Crippen LogP contribution in [0.5, 0.6) is 0 Å². The number of nitrogens with zero attached hydrogens (tertiary/aromatic N) is 4. The van der Waals surface area contributed by atoms with Crippen LogP contribution in [0, 0.1) is 0 Å². The summed E-state index contributed by atoms with van der Waals surface area (Å²) in [5.41, 5.74) is -0.224. The summed E-state index contributed by atoms with van der Waals surface area (Å²) in [6.07, 6.45) is 4.62. The average Bonchev–Trinajstić information content (AvgIpc) is 3.25. The fraction of sp³-hybridized carbons (Fsp3) is 0.444. The first kappa shape index (κ1) is 19.5. The van der Waals surface area contributed by atoms with Gasteiger partial charge in [0.25, 0.3) is 5.91 Å². The molecule has 3 amide bonds. The number of carbonyl (C=O) groups is 3. The highest BCUT2D eigenvalue weighted by molar-refractivity contribution is 6.08. The SMILES string of the molecule is CCC1(C)NC(=O)N(CC(=O)OCCCc2nc(-c3cccnc3)no2)C1=O. The molecule has 10 heteroatoms. The Kier molecular flexibility index (Phi) is 5.67. The monoisotopic (exact) mass is 387 g/mol. The van der Waals surface area contributed by atoms with E-state index < -0.39 is 30.0 Å². The fourth-order valence-corrected chi connectivity index (χ4v) is 2.68. The molecule has 1 fully saturated rings. The summed E-state index contributed by atoms with van der Waals surface area (Å²) in [5, 5.41) is 6.47. The summed E-state index contributed by atoms with van der Waals surface area (Å²) in [6, 6.07) is 3.02. The van der Waals surface area contributed by atoms with Crippen LogP contribution in [0.2, 0.25) is 0 Å². The predicted molar refractivity (Wildman–Crippen MR) is 95.7 cm³/mol. The zero-order chi connectivity index (χ0) is 20.1. The number of carbonyl (C=O) groups excluding carboxylic acids is 3. The van der Waals surface area contributed by atoms with Crippen molar-refractivity contribution in [3.63, 3.8) is 0 Å². The normalized spacial score (nSPS) is 19.0. The van der Waals surface area contributed by atoms with E-state index in [0.717, 1.165) is 10.5 Å². The van der Waals surface area contributed by atoms with Crippen molar-refractivity contribution in [3.8, 4) is 11.4 Å². The Balaban J connectivity index is 1.42. The summed E-state index contributed by atoms with van der Waals surface area (Å²) in [4.78, 5) is 45.2. The van der Waals surface area contributed by atoms with Gasteiger partial charge in [0.1, 0.15) is 12.1 Å². The van der Waals surface area contributed by atoms with E-state index in [1.165, 1.54) is 0 Å². The number of hydrogen-bond acceptors (Lipinski definition) is 8. The Hall–Kier alpha value is -3.30. The van der Waals surface area contributed by atoms with Gasteiger partial charge in [-0.3, -0.25) is 19.5 Å². The van der Waals surface area contributed by atoms with E-state index >= 15 is 0 Å². The highest BCUT2D eigenvalue weighted by Crippen LogP contribution is 2.20. The number of aryl methyl sites for hydroxylation is 1. The van der Waals surface area contributed by atoms with Crippen molar-refractivity contribution in [1.29, 1.82) is 0 Å². The van der Waals surface area contributed by atoms with Gasteiger partial charge in [0.15, 0.2) is 0 Å². The summed E-state index contributed by atoms with van der Waals surface area (Å²) in [6.45, 7) is 3.12. The van der Waals surface area contributed by atoms with E-state index in [1.54, 1.807) is 32.3 Å². The van der Waals surface area contributed by atoms with Crippen molar-refractivity contribution >= 4 is 17.9 Å². The van der Waals surface area contributed by atoms with Gasteiger partial charge in [-0.2, -0.15) is 4.98 Å². The Labute approximate surface area is 161 Å². The number of aromatic nitrogens is 3. The van der Waals surface area contributed by atoms with Crippen molar-refractivity contribution in [2.45, 2.75) is 38.6 Å². The number of urea groups is 1. The van der Waals surface area contributed by atoms with Crippen molar-refractivity contribution in [2.24, 2.45) is 0 Å². The summed E-state index contributed by atoms with van der Waals surface area (Å²) >= 11 is 0. The van der Waals surface area contributed by atoms with E-state index in [9.17, 15) is 14.4 Å². The Morgan fingerprint density at radius 2 is 2.21 bits per heavy atom. The summed E-state index contributed by atoms with van der Waals surface area (Å²) in [7, 11) is 0. The van der Waals surface area contributed by atoms with Crippen LogP contribution in [-0.2, 0) is 20.7 Å². The molecule has 0 aliphatic carbocycles. The number of rotatable bonds is 8. The van der Waals surface area contributed by atoms with E-state index in [1.807, 2.05) is 6.07 Å². The molecular weight excluding hydrogens is 366 g/mol. The topological polar surface area (TPSA) is 128 Å². The third kappa shape index (κ3) is 4.16. The molecule has 148 valence electrons. The maximum Gasteiger partial charge on any atom is 0.326 e. The number of imide groups is 1. The van der Waals surface area contributed by atoms with Gasteiger partial charge < -0.3 is 14.6 Å². The number of pyridine rings is 1. The number of nitrogens with one attached hydrogen (secondary N) is 1. The standard InChI is InChI=1S/C18H21N5O5/c1-3-18(2)16(25)23(17(26)21-18)11-14(24)27-9-5-7-13-20-15(22-28-13)12-6-4-8-19-10-12/h4,6,8,10H,3,5,7,9,11H2,1-2H3,(H,21,26). The minimum atomic E-state index is -0.971. The van der Waals surface area contributed by atoms with Crippen molar-refractivity contribution in [3.05, 3.63) is 30.4 Å². The van der Waals surface area contributed by atoms with Gasteiger partial charge in [-0.25, -0.2) is 4.79 Å². The number of hydrogen-bond donors (Lipinski definition) is 1. The first-order chi connectivity index (χ1) is 13.4. The second kappa shape index (κ2) is 8.15. The molecule has 2 aromatic heterocycles. The zero-order valence-electron chi connectivity index (χ0n) is 15.7. The minimum Gasteiger partial charge on any atom is -0.464 e. The first-order valence-electron chi connectivity index (χ1n) is 8.95. The highest BCUT2D eigenvalue weighted by Gasteiger charge is 2.47. The third-order valence-corrected chi connectivity index (χ3v) is 4.53. The van der Waals surface area contributed by atoms with Crippen molar-refractivity contribution in [2.75, 3.05) is 13.2 Å². The van der Waals surface area contributed by atoms with Gasteiger partial charge in [0.05, 0.1) is 6.61 Å². The second-order valence-corrected chi connectivity index (χ2v) is 6.58. The molecule has 3 heterocycles. The van der Waals surface area contributed by atoms with Crippen LogP contribution in [0.4, 0.5) is 4.79 Å². The lowest BCUT2D eigenvalue weighted by molar-refractivity contribution is -0.147. The first-order valence-corrected chi connectivity index (χ1v) is 8.95. The molecule has 1 atom stereocenters. The Bertz CT molecular complexity index is 868. The van der Waals surface area contributed by atoms with Gasteiger partial charge in [-0.05, 0) is 31.9 Å². The van der Waals surface area contributed by atoms with Crippen LogP contribution in [0.3, 0.4) is 0 Å². The smallest absolute Gasteiger partial charge is 0.326 e. The number of esters is 1. The van der Waals surface area contributed by atoms with Crippen molar-refractivity contribution in [1.82, 2.24) is 25.3 Å². The van der Waals surface area contributed by atoms with Crippen LogP contribution in [0.15, 0.2) is 29.0 Å². The van der Waals surface area contributed by atoms with Gasteiger partial charge in [-0.15, -0.1) is 0 Å². The molecule has 3 rings (SSSR count). The largest absolute Gasteiger partial charge is 0.464 e. The zero-order valence-corrected chi connectivity index (χ0v) is 15.7. The number of ether oxygens (including phenoxy) is 1. The molecule has 0 saturated carbocycles. The van der Waals surface area contributed by atoms with Gasteiger partial charge in [0, 0.05) is 24.4 Å². The molecule has 0 spiro atoms. The molecule has 0 radical (unpaired) electrons. The summed E-state index contributed by atoms with van der Waals surface area (Å²) < 4.78 is 10.3. The maximum atomic E-state index is 12.2. The van der Waals surface area contributed by atoms with Crippen LogP contribution in [0.25, 0.3) is 11.4 Å². The van der Waals surface area contributed by atoms with E-state index in [4.69, 9.17) is 9.26 Å². The second-order valence-electron chi connectivity index (χ2n) is 6.58. The van der Waals surface area contributed by atoms with Crippen LogP contribution in [0.1, 0.15) is 32.6 Å². The average molecular weight is 387 g/mol. The molecule has 1 unspecified atom stereocenters. The Morgan fingerprint density at radius 3 is 2.89 bits per heavy atom. The third-order valence-electron chi connectivity index (χ3n) is 4.53. The van der Waals surface area contributed by atoms with Crippen LogP contribution < -0.4 is 5.32 Å². The molecule has 0 bridgehead atoms. The molecule has 28 heavy (non-hydrogen) atoms. The van der Waals surface area contributed by atoms with E-state index in [0.29, 0.717) is 31.0 Å². The highest BCUT2D eigenvalue weighted by atomic mass is 16.5. The summed E-state index contributed by atoms with van der Waals surface area (Å²) in [5.74, 6) is -0.212. The van der Waals surface area contributed by atoms with E-state index in [-0.39, 0.29) is 6.61 Å². The molecule has 1 N–H and O–H groups in total. The molecule has 1 aliphatic rings. The molecular formula is C18H21N5O5.